The number of hydrogen-bond acceptors (Lipinski definition) is 6. The van der Waals surface area contributed by atoms with Gasteiger partial charge < -0.3 is 19.3 Å². The van der Waals surface area contributed by atoms with E-state index in [0.717, 1.165) is 40.2 Å². The van der Waals surface area contributed by atoms with Gasteiger partial charge in [-0.25, -0.2) is 9.48 Å². The Bertz CT molecular complexity index is 932. The van der Waals surface area contributed by atoms with E-state index in [9.17, 15) is 5.11 Å². The molecule has 7 heteroatoms. The maximum Gasteiger partial charge on any atom is 0.316 e. The molecule has 3 heterocycles. The molecule has 0 bridgehead atoms. The molecule has 0 amide bonds. The van der Waals surface area contributed by atoms with Crippen molar-refractivity contribution in [2.24, 2.45) is 0 Å². The zero-order chi connectivity index (χ0) is 18.4. The van der Waals surface area contributed by atoms with Gasteiger partial charge >= 0.3 is 5.17 Å². The third-order valence-corrected chi connectivity index (χ3v) is 6.30. The summed E-state index contributed by atoms with van der Waals surface area (Å²) in [7, 11) is 1.67. The minimum Gasteiger partial charge on any atom is -0.492 e. The number of fused-ring (bicyclic) bond motifs is 1. The Balaban J connectivity index is 1.58. The number of methoxy groups -OCH3 is 1. The van der Waals surface area contributed by atoms with Crippen LogP contribution in [0.15, 0.2) is 42.5 Å². The lowest BCUT2D eigenvalue weighted by molar-refractivity contribution is -0.650. The number of hydrogen-bond donors (Lipinski definition) is 1. The van der Waals surface area contributed by atoms with E-state index in [1.807, 2.05) is 42.5 Å². The highest BCUT2D eigenvalue weighted by Gasteiger charge is 2.55. The molecule has 0 saturated heterocycles. The summed E-state index contributed by atoms with van der Waals surface area (Å²) in [6, 6.07) is 13.6. The molecule has 2 aromatic rings. The highest BCUT2D eigenvalue weighted by molar-refractivity contribution is 8.14. The summed E-state index contributed by atoms with van der Waals surface area (Å²) in [6.45, 7) is 2.30. The summed E-state index contributed by atoms with van der Waals surface area (Å²) >= 11 is 1.76. The molecule has 0 aliphatic carbocycles. The molecular weight excluding hydrogens is 364 g/mol. The first kappa shape index (κ1) is 16.8. The zero-order valence-electron chi connectivity index (χ0n) is 15.1. The van der Waals surface area contributed by atoms with E-state index < -0.39 is 5.72 Å². The average molecular weight is 385 g/mol. The van der Waals surface area contributed by atoms with Crippen molar-refractivity contribution in [3.8, 4) is 17.2 Å². The van der Waals surface area contributed by atoms with Gasteiger partial charge in [0.05, 0.1) is 13.7 Å². The highest BCUT2D eigenvalue weighted by atomic mass is 32.2. The monoisotopic (exact) mass is 385 g/mol. The van der Waals surface area contributed by atoms with Crippen LogP contribution in [0.4, 0.5) is 5.69 Å². The molecule has 0 aromatic heterocycles. The summed E-state index contributed by atoms with van der Waals surface area (Å²) in [6.07, 6.45) is 0. The number of para-hydroxylation sites is 2. The number of anilines is 1. The normalized spacial score (nSPS) is 23.6. The van der Waals surface area contributed by atoms with Gasteiger partial charge in [0.15, 0.2) is 29.5 Å². The molecule has 1 N–H and O–H groups in total. The fourth-order valence-corrected chi connectivity index (χ4v) is 5.10. The molecule has 27 heavy (non-hydrogen) atoms. The highest BCUT2D eigenvalue weighted by Crippen LogP contribution is 2.43. The maximum absolute atomic E-state index is 11.7. The molecular formula is C20H21N2O4S+. The Morgan fingerprint density at radius 2 is 1.96 bits per heavy atom. The van der Waals surface area contributed by atoms with Gasteiger partial charge in [-0.1, -0.05) is 12.1 Å². The smallest absolute Gasteiger partial charge is 0.316 e. The SMILES string of the molecule is COc1ccccc1N1CC(O)(c2ccc3c(c2)OCCO3)[N+]2=C1SCC2. The molecule has 3 aliphatic rings. The van der Waals surface area contributed by atoms with Crippen molar-refractivity contribution in [1.82, 2.24) is 0 Å². The molecule has 3 aliphatic heterocycles. The molecule has 0 spiro atoms. The lowest BCUT2D eigenvalue weighted by Gasteiger charge is -2.25. The minimum atomic E-state index is -1.13. The van der Waals surface area contributed by atoms with Crippen LogP contribution in [0.2, 0.25) is 0 Å². The van der Waals surface area contributed by atoms with Crippen LogP contribution in [0.3, 0.4) is 0 Å². The average Bonchev–Trinajstić information content (AvgIpc) is 3.31. The third-order valence-electron chi connectivity index (χ3n) is 5.21. The van der Waals surface area contributed by atoms with Crippen molar-refractivity contribution in [3.63, 3.8) is 0 Å². The summed E-state index contributed by atoms with van der Waals surface area (Å²) in [4.78, 5) is 2.15. The molecule has 5 rings (SSSR count). The van der Waals surface area contributed by atoms with Crippen molar-refractivity contribution >= 4 is 22.6 Å². The van der Waals surface area contributed by atoms with Crippen molar-refractivity contribution in [2.75, 3.05) is 44.1 Å². The summed E-state index contributed by atoms with van der Waals surface area (Å²) in [5.74, 6) is 3.15. The molecule has 6 nitrogen and oxygen atoms in total. The van der Waals surface area contributed by atoms with Crippen LogP contribution in [-0.2, 0) is 5.72 Å². The largest absolute Gasteiger partial charge is 0.492 e. The lowest BCUT2D eigenvalue weighted by Crippen LogP contribution is -2.41. The topological polar surface area (TPSA) is 54.2 Å². The molecule has 140 valence electrons. The van der Waals surface area contributed by atoms with Gasteiger partial charge in [-0.15, -0.1) is 0 Å². The summed E-state index contributed by atoms with van der Waals surface area (Å²) in [5, 5.41) is 12.8. The summed E-state index contributed by atoms with van der Waals surface area (Å²) < 4.78 is 19.0. The van der Waals surface area contributed by atoms with Crippen LogP contribution < -0.4 is 19.1 Å². The Kier molecular flexibility index (Phi) is 3.94. The predicted molar refractivity (Wildman–Crippen MR) is 104 cm³/mol. The van der Waals surface area contributed by atoms with Gasteiger partial charge in [-0.3, -0.25) is 0 Å². The number of β-amino-alcohol motifs (C(OH)–C–C–N with tert-alkyl or cyclic N) is 1. The van der Waals surface area contributed by atoms with Gasteiger partial charge in [-0.2, -0.15) is 0 Å². The molecule has 0 fully saturated rings. The van der Waals surface area contributed by atoms with Gasteiger partial charge in [0.25, 0.3) is 5.72 Å². The van der Waals surface area contributed by atoms with Crippen molar-refractivity contribution in [3.05, 3.63) is 48.0 Å². The van der Waals surface area contributed by atoms with Crippen LogP contribution in [0, 0.1) is 0 Å². The standard InChI is InChI=1S/C20H21N2O4S/c1-24-16-5-3-2-4-15(16)21-13-20(23,22-8-11-27-19(21)22)14-6-7-17-18(12-14)26-10-9-25-17/h2-7,12,23H,8-11,13H2,1H3/q+1. The van der Waals surface area contributed by atoms with Gasteiger partial charge in [0.1, 0.15) is 13.2 Å². The van der Waals surface area contributed by atoms with E-state index in [1.54, 1.807) is 18.9 Å². The fraction of sp³-hybridized carbons (Fsp3) is 0.350. The van der Waals surface area contributed by atoms with Crippen LogP contribution in [-0.4, -0.2) is 54.0 Å². The van der Waals surface area contributed by atoms with Crippen LogP contribution in [0.25, 0.3) is 0 Å². The molecule has 0 saturated carbocycles. The molecule has 0 radical (unpaired) electrons. The van der Waals surface area contributed by atoms with Crippen molar-refractivity contribution in [1.29, 1.82) is 0 Å². The number of aliphatic hydroxyl groups is 1. The quantitative estimate of drug-likeness (QED) is 0.818. The van der Waals surface area contributed by atoms with E-state index in [4.69, 9.17) is 14.2 Å². The van der Waals surface area contributed by atoms with E-state index in [2.05, 4.69) is 9.48 Å². The molecule has 1 atom stereocenters. The van der Waals surface area contributed by atoms with Gasteiger partial charge in [0.2, 0.25) is 0 Å². The number of amidine groups is 1. The zero-order valence-corrected chi connectivity index (χ0v) is 15.9. The maximum atomic E-state index is 11.7. The number of rotatable bonds is 3. The number of nitrogens with zero attached hydrogens (tertiary/aromatic N) is 2. The molecule has 2 aromatic carbocycles. The Morgan fingerprint density at radius 1 is 1.15 bits per heavy atom. The Labute approximate surface area is 162 Å². The lowest BCUT2D eigenvalue weighted by atomic mass is 10.0. The molecule has 1 unspecified atom stereocenters. The van der Waals surface area contributed by atoms with E-state index >= 15 is 0 Å². The van der Waals surface area contributed by atoms with Crippen molar-refractivity contribution < 1.29 is 23.9 Å². The minimum absolute atomic E-state index is 0.426. The Hall–Kier alpha value is -2.38. The van der Waals surface area contributed by atoms with Gasteiger partial charge in [0, 0.05) is 11.3 Å². The van der Waals surface area contributed by atoms with Crippen LogP contribution in [0.1, 0.15) is 5.56 Å². The van der Waals surface area contributed by atoms with Crippen molar-refractivity contribution in [2.45, 2.75) is 5.72 Å². The van der Waals surface area contributed by atoms with Gasteiger partial charge in [-0.05, 0) is 42.1 Å². The van der Waals surface area contributed by atoms with E-state index in [1.165, 1.54) is 0 Å². The van der Waals surface area contributed by atoms with Crippen LogP contribution >= 0.6 is 11.8 Å². The number of thioether (sulfide) groups is 1. The fourth-order valence-electron chi connectivity index (χ4n) is 3.92. The van der Waals surface area contributed by atoms with E-state index in [0.29, 0.717) is 25.5 Å². The number of benzene rings is 2. The second-order valence-corrected chi connectivity index (χ2v) is 7.78. The van der Waals surface area contributed by atoms with Crippen LogP contribution in [0.5, 0.6) is 17.2 Å². The first-order valence-corrected chi connectivity index (χ1v) is 10.00. The van der Waals surface area contributed by atoms with E-state index in [-0.39, 0.29) is 0 Å². The first-order valence-electron chi connectivity index (χ1n) is 9.01. The predicted octanol–water partition coefficient (Wildman–Crippen LogP) is 2.25. The summed E-state index contributed by atoms with van der Waals surface area (Å²) in [5.41, 5.74) is 0.641. The Morgan fingerprint density at radius 3 is 2.81 bits per heavy atom. The second-order valence-electron chi connectivity index (χ2n) is 6.72. The first-order chi connectivity index (χ1) is 13.2. The second kappa shape index (κ2) is 6.35. The number of ether oxygens (including phenoxy) is 3. The third kappa shape index (κ3) is 2.56.